The molecule has 4 amide bonds. The van der Waals surface area contributed by atoms with Crippen LogP contribution in [-0.4, -0.2) is 93.9 Å². The van der Waals surface area contributed by atoms with E-state index in [0.29, 0.717) is 18.3 Å². The number of piperidine rings is 2. The minimum Gasteiger partial charge on any atom is -0.453 e. The monoisotopic (exact) mass is 789 g/mol. The average molecular weight is 790 g/mol. The van der Waals surface area contributed by atoms with Crippen molar-refractivity contribution in [3.63, 3.8) is 0 Å². The van der Waals surface area contributed by atoms with Crippen LogP contribution < -0.4 is 10.6 Å². The van der Waals surface area contributed by atoms with Gasteiger partial charge in [-0.05, 0) is 90.0 Å². The first-order chi connectivity index (χ1) is 27.9. The van der Waals surface area contributed by atoms with Crippen LogP contribution in [0.5, 0.6) is 0 Å². The number of ether oxygens (including phenoxy) is 2. The molecule has 2 aromatic carbocycles. The summed E-state index contributed by atoms with van der Waals surface area (Å²) in [7, 11) is 2.62. The fourth-order valence-corrected chi connectivity index (χ4v) is 10.3. The zero-order chi connectivity index (χ0) is 40.8. The summed E-state index contributed by atoms with van der Waals surface area (Å²) >= 11 is 0. The molecular formula is C45H55N7O6. The van der Waals surface area contributed by atoms with E-state index in [9.17, 15) is 19.2 Å². The van der Waals surface area contributed by atoms with Crippen molar-refractivity contribution >= 4 is 35.3 Å². The number of hydrogen-bond acceptors (Lipinski definition) is 8. The molecule has 13 heteroatoms. The normalized spacial score (nSPS) is 25.5. The Kier molecular flexibility index (Phi) is 10.9. The number of fused-ring (bicyclic) bond motifs is 4. The van der Waals surface area contributed by atoms with Crippen LogP contribution in [0.1, 0.15) is 90.1 Å². The number of amides is 4. The van der Waals surface area contributed by atoms with E-state index in [2.05, 4.69) is 64.1 Å². The van der Waals surface area contributed by atoms with Crippen molar-refractivity contribution in [2.24, 2.45) is 28.7 Å². The number of benzene rings is 2. The van der Waals surface area contributed by atoms with E-state index in [1.54, 1.807) is 0 Å². The molecule has 8 atom stereocenters. The first-order valence-corrected chi connectivity index (χ1v) is 20.8. The van der Waals surface area contributed by atoms with Gasteiger partial charge in [0.1, 0.15) is 17.9 Å². The molecule has 3 aromatic rings. The Morgan fingerprint density at radius 2 is 1.17 bits per heavy atom. The van der Waals surface area contributed by atoms with Crippen molar-refractivity contribution in [3.8, 4) is 22.4 Å². The molecule has 0 radical (unpaired) electrons. The number of nitrogens with one attached hydrogen (secondary N) is 3. The lowest BCUT2D eigenvalue weighted by atomic mass is 9.89. The molecule has 4 fully saturated rings. The van der Waals surface area contributed by atoms with Crippen molar-refractivity contribution in [1.82, 2.24) is 30.4 Å². The molecular weight excluding hydrogens is 735 g/mol. The van der Waals surface area contributed by atoms with Crippen LogP contribution in [0.3, 0.4) is 0 Å². The number of aromatic nitrogens is 2. The van der Waals surface area contributed by atoms with Gasteiger partial charge in [0.15, 0.2) is 0 Å². The van der Waals surface area contributed by atoms with Gasteiger partial charge in [-0.15, -0.1) is 0 Å². The van der Waals surface area contributed by atoms with Crippen molar-refractivity contribution < 1.29 is 28.7 Å². The summed E-state index contributed by atoms with van der Waals surface area (Å²) in [5, 5.41) is 5.54. The number of alkyl carbamates (subject to hydrolysis) is 2. The maximum Gasteiger partial charge on any atom is 0.407 e. The Bertz CT molecular complexity index is 2110. The first kappa shape index (κ1) is 39.4. The summed E-state index contributed by atoms with van der Waals surface area (Å²) in [6.45, 7) is 7.75. The van der Waals surface area contributed by atoms with Gasteiger partial charge in [0.2, 0.25) is 11.8 Å². The second-order valence-electron chi connectivity index (χ2n) is 17.3. The number of H-pyrrole nitrogens is 1. The maximum atomic E-state index is 14.0. The van der Waals surface area contributed by atoms with Gasteiger partial charge in [0, 0.05) is 30.4 Å². The molecule has 13 nitrogen and oxygen atoms in total. The summed E-state index contributed by atoms with van der Waals surface area (Å²) in [5.74, 6) is 1.15. The van der Waals surface area contributed by atoms with Crippen LogP contribution in [0.25, 0.3) is 28.0 Å². The van der Waals surface area contributed by atoms with Gasteiger partial charge in [-0.1, -0.05) is 76.2 Å². The second kappa shape index (κ2) is 16.1. The van der Waals surface area contributed by atoms with Gasteiger partial charge >= 0.3 is 12.2 Å². The van der Waals surface area contributed by atoms with Crippen molar-refractivity contribution in [2.75, 3.05) is 14.2 Å². The van der Waals surface area contributed by atoms with Crippen LogP contribution in [0, 0.1) is 23.7 Å². The lowest BCUT2D eigenvalue weighted by molar-refractivity contribution is -0.139. The molecule has 2 saturated carbocycles. The molecule has 4 bridgehead atoms. The number of aromatic amines is 1. The van der Waals surface area contributed by atoms with Crippen LogP contribution >= 0.6 is 0 Å². The number of carbonyl (C=O) groups is 4. The third-order valence-corrected chi connectivity index (χ3v) is 13.2. The number of methoxy groups -OCH3 is 2. The molecule has 4 heterocycles. The van der Waals surface area contributed by atoms with Crippen LogP contribution in [0.4, 0.5) is 9.59 Å². The Hall–Kier alpha value is -5.46. The molecule has 3 aliphatic heterocycles. The minimum atomic E-state index is -0.678. The summed E-state index contributed by atoms with van der Waals surface area (Å²) < 4.78 is 9.65. The fraction of sp³-hybridized carbons (Fsp3) is 0.511. The molecule has 0 unspecified atom stereocenters. The second-order valence-corrected chi connectivity index (χ2v) is 17.3. The predicted octanol–water partition coefficient (Wildman–Crippen LogP) is 7.12. The number of rotatable bonds is 11. The van der Waals surface area contributed by atoms with E-state index in [0.717, 1.165) is 83.6 Å². The summed E-state index contributed by atoms with van der Waals surface area (Å²) in [6.07, 6.45) is 9.25. The number of aliphatic imine (C=N–C) groups is 1. The van der Waals surface area contributed by atoms with Gasteiger partial charge in [0.25, 0.3) is 0 Å². The van der Waals surface area contributed by atoms with Gasteiger partial charge in [-0.2, -0.15) is 0 Å². The quantitative estimate of drug-likeness (QED) is 0.187. The van der Waals surface area contributed by atoms with Crippen molar-refractivity contribution in [2.45, 2.75) is 109 Å². The SMILES string of the molecule is COC(=O)N[C@H](C(=O)N1[C@@H]2CC[C@@H](C2)[C@H]1C1=NC=C(c2ccc(-c3ccc(-c4cnc([C@@H]5[C@H]6CC[C@H](C6)N5C(=O)[C@@H](NC(=O)OC)C(C)C)[nH]4)cc3)cc2)C1)C(C)C. The Balaban J connectivity index is 0.922. The van der Waals surface area contributed by atoms with E-state index in [1.165, 1.54) is 14.2 Å². The highest BCUT2D eigenvalue weighted by molar-refractivity contribution is 6.04. The third-order valence-electron chi connectivity index (χ3n) is 13.2. The highest BCUT2D eigenvalue weighted by Gasteiger charge is 2.53. The van der Waals surface area contributed by atoms with E-state index in [1.807, 2.05) is 49.9 Å². The molecule has 306 valence electrons. The molecule has 3 N–H and O–H groups in total. The van der Waals surface area contributed by atoms with Gasteiger partial charge in [-0.25, -0.2) is 14.6 Å². The summed E-state index contributed by atoms with van der Waals surface area (Å²) in [6, 6.07) is 15.7. The van der Waals surface area contributed by atoms with E-state index in [-0.39, 0.29) is 47.8 Å². The topological polar surface area (TPSA) is 158 Å². The summed E-state index contributed by atoms with van der Waals surface area (Å²) in [5.41, 5.74) is 7.33. The molecule has 1 aromatic heterocycles. The number of carbonyl (C=O) groups excluding carboxylic acids is 4. The highest BCUT2D eigenvalue weighted by Crippen LogP contribution is 2.50. The third kappa shape index (κ3) is 7.28. The highest BCUT2D eigenvalue weighted by atomic mass is 16.5. The van der Waals surface area contributed by atoms with Crippen LogP contribution in [0.2, 0.25) is 0 Å². The molecule has 8 rings (SSSR count). The van der Waals surface area contributed by atoms with Crippen LogP contribution in [0.15, 0.2) is 65.9 Å². The zero-order valence-corrected chi connectivity index (χ0v) is 34.2. The smallest absolute Gasteiger partial charge is 0.407 e. The molecule has 2 aliphatic carbocycles. The Morgan fingerprint density at radius 3 is 1.69 bits per heavy atom. The van der Waals surface area contributed by atoms with Crippen molar-refractivity contribution in [1.29, 1.82) is 0 Å². The molecule has 2 saturated heterocycles. The van der Waals surface area contributed by atoms with Crippen LogP contribution in [-0.2, 0) is 19.1 Å². The zero-order valence-electron chi connectivity index (χ0n) is 34.2. The first-order valence-electron chi connectivity index (χ1n) is 20.8. The molecule has 58 heavy (non-hydrogen) atoms. The summed E-state index contributed by atoms with van der Waals surface area (Å²) in [4.78, 5) is 69.4. The molecule has 0 spiro atoms. The molecule has 5 aliphatic rings. The maximum absolute atomic E-state index is 14.0. The van der Waals surface area contributed by atoms with Gasteiger partial charge in [0.05, 0.1) is 38.2 Å². The Labute approximate surface area is 340 Å². The number of likely N-dealkylation sites (tertiary alicyclic amines) is 2. The standard InChI is InChI=1S/C45H55N7O6/c1-24(2)37(49-44(55)57-5)42(53)51-33-17-15-30(19-33)39(51)35-21-32(22-46-35)28-9-7-26(8-10-28)27-11-13-29(14-12-27)36-23-47-41(48-36)40-31-16-18-34(20-31)52(40)43(54)38(25(3)4)50-45(56)58-6/h7-14,22-25,30-31,33-34,37-40H,15-21H2,1-6H3,(H,47,48)(H,49,55)(H,50,56)/t30-,31-,33+,34+,37-,38-,39-,40-/m0/s1. The largest absolute Gasteiger partial charge is 0.453 e. The van der Waals surface area contributed by atoms with E-state index >= 15 is 0 Å². The average Bonchev–Trinajstić information content (AvgIpc) is 4.10. The fourth-order valence-electron chi connectivity index (χ4n) is 10.3. The van der Waals surface area contributed by atoms with E-state index < -0.39 is 24.3 Å². The number of hydrogen-bond donors (Lipinski definition) is 3. The number of imidazole rings is 1. The number of allylic oxidation sites excluding steroid dienone is 1. The lowest BCUT2D eigenvalue weighted by Gasteiger charge is -2.38. The lowest BCUT2D eigenvalue weighted by Crippen LogP contribution is -2.57. The minimum absolute atomic E-state index is 0.0533. The van der Waals surface area contributed by atoms with Gasteiger partial charge < -0.3 is 34.9 Å². The number of nitrogens with zero attached hydrogens (tertiary/aromatic N) is 4. The predicted molar refractivity (Wildman–Crippen MR) is 220 cm³/mol. The van der Waals surface area contributed by atoms with E-state index in [4.69, 9.17) is 19.5 Å². The van der Waals surface area contributed by atoms with Crippen molar-refractivity contribution in [3.05, 3.63) is 72.3 Å². The Morgan fingerprint density at radius 1 is 0.690 bits per heavy atom. The van der Waals surface area contributed by atoms with Gasteiger partial charge in [-0.3, -0.25) is 14.6 Å².